The number of alkyl halides is 1. The van der Waals surface area contributed by atoms with E-state index in [1.54, 1.807) is 6.92 Å². The van der Waals surface area contributed by atoms with Crippen molar-refractivity contribution >= 4 is 15.9 Å². The molecule has 0 fully saturated rings. The van der Waals surface area contributed by atoms with Gasteiger partial charge in [-0.05, 0) is 6.92 Å². The van der Waals surface area contributed by atoms with Crippen LogP contribution in [0.3, 0.4) is 0 Å². The van der Waals surface area contributed by atoms with Crippen molar-refractivity contribution in [3.63, 3.8) is 0 Å². The summed E-state index contributed by atoms with van der Waals surface area (Å²) in [6, 6.07) is 0. The second kappa shape index (κ2) is 2.48. The molecule has 0 spiro atoms. The van der Waals surface area contributed by atoms with Crippen molar-refractivity contribution in [3.8, 4) is 0 Å². The van der Waals surface area contributed by atoms with Crippen LogP contribution in [0.2, 0.25) is 0 Å². The van der Waals surface area contributed by atoms with E-state index in [4.69, 9.17) is 5.11 Å². The van der Waals surface area contributed by atoms with Crippen molar-refractivity contribution in [1.29, 1.82) is 0 Å². The molecule has 0 aliphatic heterocycles. The zero-order chi connectivity index (χ0) is 5.91. The quantitative estimate of drug-likeness (QED) is 0.483. The van der Waals surface area contributed by atoms with Gasteiger partial charge in [-0.25, -0.2) is 0 Å². The molecule has 2 heteroatoms. The molecular weight excluding hydrogens is 156 g/mol. The summed E-state index contributed by atoms with van der Waals surface area (Å²) < 4.78 is 0. The van der Waals surface area contributed by atoms with Crippen LogP contribution in [0.15, 0.2) is 12.7 Å². The number of halogens is 1. The van der Waals surface area contributed by atoms with Gasteiger partial charge >= 0.3 is 0 Å². The van der Waals surface area contributed by atoms with Gasteiger partial charge < -0.3 is 5.11 Å². The van der Waals surface area contributed by atoms with Gasteiger partial charge in [0.05, 0.1) is 5.60 Å². The molecule has 0 aromatic heterocycles. The smallest absolute Gasteiger partial charge is 0.0893 e. The second-order valence-corrected chi connectivity index (χ2v) is 2.26. The van der Waals surface area contributed by atoms with Crippen LogP contribution in [-0.4, -0.2) is 16.0 Å². The standard InChI is InChI=1S/C5H9BrO/c1-3-5(2,7)4-6/h3,7H,1,4H2,2H3. The maximum Gasteiger partial charge on any atom is 0.0893 e. The third kappa shape index (κ3) is 2.83. The van der Waals surface area contributed by atoms with Gasteiger partial charge in [0.15, 0.2) is 0 Å². The first-order valence-electron chi connectivity index (χ1n) is 2.04. The van der Waals surface area contributed by atoms with E-state index >= 15 is 0 Å². The highest BCUT2D eigenvalue weighted by Crippen LogP contribution is 2.06. The maximum absolute atomic E-state index is 8.97. The molecule has 0 rings (SSSR count). The zero-order valence-corrected chi connectivity index (χ0v) is 5.90. The van der Waals surface area contributed by atoms with Gasteiger partial charge in [0.1, 0.15) is 0 Å². The minimum absolute atomic E-state index is 0.545. The second-order valence-electron chi connectivity index (χ2n) is 1.69. The predicted molar refractivity (Wildman–Crippen MR) is 34.6 cm³/mol. The molecule has 0 bridgehead atoms. The van der Waals surface area contributed by atoms with Crippen LogP contribution in [0.4, 0.5) is 0 Å². The lowest BCUT2D eigenvalue weighted by atomic mass is 10.1. The predicted octanol–water partition coefficient (Wildman–Crippen LogP) is 1.32. The summed E-state index contributed by atoms with van der Waals surface area (Å²) >= 11 is 3.11. The van der Waals surface area contributed by atoms with E-state index in [9.17, 15) is 0 Å². The van der Waals surface area contributed by atoms with Crippen molar-refractivity contribution in [3.05, 3.63) is 12.7 Å². The summed E-state index contributed by atoms with van der Waals surface area (Å²) in [4.78, 5) is 0. The highest BCUT2D eigenvalue weighted by Gasteiger charge is 2.10. The fraction of sp³-hybridized carbons (Fsp3) is 0.600. The molecule has 0 saturated heterocycles. The van der Waals surface area contributed by atoms with Gasteiger partial charge in [-0.15, -0.1) is 6.58 Å². The first-order valence-corrected chi connectivity index (χ1v) is 3.16. The Morgan fingerprint density at radius 3 is 2.43 bits per heavy atom. The molecule has 7 heavy (non-hydrogen) atoms. The topological polar surface area (TPSA) is 20.2 Å². The summed E-state index contributed by atoms with van der Waals surface area (Å²) in [5.41, 5.74) is -0.736. The Morgan fingerprint density at radius 1 is 2.00 bits per heavy atom. The Morgan fingerprint density at radius 2 is 2.43 bits per heavy atom. The fourth-order valence-corrected chi connectivity index (χ4v) is 0.283. The highest BCUT2D eigenvalue weighted by atomic mass is 79.9. The minimum Gasteiger partial charge on any atom is -0.385 e. The molecule has 1 nitrogen and oxygen atoms in total. The third-order valence-corrected chi connectivity index (χ3v) is 1.85. The van der Waals surface area contributed by atoms with E-state index in [1.165, 1.54) is 6.08 Å². The maximum atomic E-state index is 8.97. The molecule has 0 heterocycles. The van der Waals surface area contributed by atoms with Crippen LogP contribution in [0.1, 0.15) is 6.92 Å². The van der Waals surface area contributed by atoms with Gasteiger partial charge in [-0.2, -0.15) is 0 Å². The highest BCUT2D eigenvalue weighted by molar-refractivity contribution is 9.09. The number of rotatable bonds is 2. The van der Waals surface area contributed by atoms with Gasteiger partial charge in [0, 0.05) is 5.33 Å². The Hall–Kier alpha value is 0.180. The summed E-state index contributed by atoms with van der Waals surface area (Å²) in [6.07, 6.45) is 1.50. The molecule has 1 N–H and O–H groups in total. The van der Waals surface area contributed by atoms with E-state index < -0.39 is 5.60 Å². The van der Waals surface area contributed by atoms with Crippen LogP contribution in [0.5, 0.6) is 0 Å². The molecule has 42 valence electrons. The molecule has 0 radical (unpaired) electrons. The SMILES string of the molecule is C=CC(C)(O)CBr. The van der Waals surface area contributed by atoms with Gasteiger partial charge in [0.25, 0.3) is 0 Å². The lowest BCUT2D eigenvalue weighted by Gasteiger charge is -2.12. The monoisotopic (exact) mass is 164 g/mol. The summed E-state index contributed by atoms with van der Waals surface area (Å²) in [7, 11) is 0. The van der Waals surface area contributed by atoms with Crippen LogP contribution in [0.25, 0.3) is 0 Å². The molecule has 0 aromatic rings. The Balaban J connectivity index is 3.58. The Labute approximate surface area is 52.2 Å². The first-order chi connectivity index (χ1) is 3.12. The summed E-state index contributed by atoms with van der Waals surface area (Å²) in [5.74, 6) is 0. The van der Waals surface area contributed by atoms with Crippen LogP contribution in [-0.2, 0) is 0 Å². The largest absolute Gasteiger partial charge is 0.385 e. The normalized spacial score (nSPS) is 18.1. The minimum atomic E-state index is -0.736. The summed E-state index contributed by atoms with van der Waals surface area (Å²) in [6.45, 7) is 5.11. The molecular formula is C5H9BrO. The van der Waals surface area contributed by atoms with Crippen molar-refractivity contribution in [2.75, 3.05) is 5.33 Å². The molecule has 1 atom stereocenters. The molecule has 0 saturated carbocycles. The molecule has 0 aliphatic rings. The van der Waals surface area contributed by atoms with E-state index in [2.05, 4.69) is 22.5 Å². The average molecular weight is 165 g/mol. The average Bonchev–Trinajstić information content (AvgIpc) is 1.68. The van der Waals surface area contributed by atoms with Crippen LogP contribution in [0, 0.1) is 0 Å². The lowest BCUT2D eigenvalue weighted by Crippen LogP contribution is -2.21. The van der Waals surface area contributed by atoms with Crippen molar-refractivity contribution in [2.45, 2.75) is 12.5 Å². The van der Waals surface area contributed by atoms with E-state index in [0.29, 0.717) is 5.33 Å². The van der Waals surface area contributed by atoms with Crippen molar-refractivity contribution in [2.24, 2.45) is 0 Å². The van der Waals surface area contributed by atoms with Crippen molar-refractivity contribution in [1.82, 2.24) is 0 Å². The number of hydrogen-bond donors (Lipinski definition) is 1. The van der Waals surface area contributed by atoms with Gasteiger partial charge in [0.2, 0.25) is 0 Å². The number of hydrogen-bond acceptors (Lipinski definition) is 1. The van der Waals surface area contributed by atoms with E-state index in [-0.39, 0.29) is 0 Å². The van der Waals surface area contributed by atoms with Gasteiger partial charge in [-0.3, -0.25) is 0 Å². The molecule has 0 aliphatic carbocycles. The molecule has 0 aromatic carbocycles. The third-order valence-electron chi connectivity index (χ3n) is 0.710. The van der Waals surface area contributed by atoms with Crippen LogP contribution < -0.4 is 0 Å². The van der Waals surface area contributed by atoms with Gasteiger partial charge in [-0.1, -0.05) is 22.0 Å². The Kier molecular flexibility index (Phi) is 2.54. The van der Waals surface area contributed by atoms with E-state index in [1.807, 2.05) is 0 Å². The first kappa shape index (κ1) is 7.18. The number of aliphatic hydroxyl groups is 1. The van der Waals surface area contributed by atoms with Crippen molar-refractivity contribution < 1.29 is 5.11 Å². The van der Waals surface area contributed by atoms with E-state index in [0.717, 1.165) is 0 Å². The Bertz CT molecular complexity index is 68.5. The fourth-order valence-electron chi connectivity index (χ4n) is 0.0546. The molecule has 0 amide bonds. The summed E-state index contributed by atoms with van der Waals surface area (Å²) in [5, 5.41) is 9.51. The molecule has 1 unspecified atom stereocenters. The zero-order valence-electron chi connectivity index (χ0n) is 4.32. The van der Waals surface area contributed by atoms with Crippen LogP contribution >= 0.6 is 15.9 Å². The lowest BCUT2D eigenvalue weighted by molar-refractivity contribution is 0.140.